The number of quaternary nitrogens is 1. The van der Waals surface area contributed by atoms with Crippen molar-refractivity contribution in [1.82, 2.24) is 10.7 Å². The van der Waals surface area contributed by atoms with Gasteiger partial charge in [0.15, 0.2) is 0 Å². The van der Waals surface area contributed by atoms with Gasteiger partial charge in [0.25, 0.3) is 0 Å². The Hall–Kier alpha value is -1.18. The van der Waals surface area contributed by atoms with E-state index in [2.05, 4.69) is 17.6 Å². The van der Waals surface area contributed by atoms with Gasteiger partial charge in [-0.2, -0.15) is 4.59 Å². The summed E-state index contributed by atoms with van der Waals surface area (Å²) >= 11 is 0. The van der Waals surface area contributed by atoms with Crippen LogP contribution in [0.4, 0.5) is 0 Å². The molecule has 0 unspecified atom stereocenters. The Labute approximate surface area is 113 Å². The van der Waals surface area contributed by atoms with E-state index in [0.29, 0.717) is 16.4 Å². The number of ether oxygens (including phenoxy) is 3. The molecule has 18 heavy (non-hydrogen) atoms. The highest BCUT2D eigenvalue weighted by molar-refractivity contribution is 5.88. The molecule has 2 rings (SSSR count). The number of hydrogen-bond donors (Lipinski definition) is 1. The smallest absolute Gasteiger partial charge is 0.243 e. The molecule has 0 aliphatic carbocycles. The maximum Gasteiger partial charge on any atom is 0.243 e. The number of morpholine rings is 1. The van der Waals surface area contributed by atoms with E-state index in [-0.39, 0.29) is 12.4 Å². The van der Waals surface area contributed by atoms with Gasteiger partial charge in [0.1, 0.15) is 13.1 Å². The highest BCUT2D eigenvalue weighted by Gasteiger charge is 2.35. The number of methoxy groups -OCH3 is 2. The van der Waals surface area contributed by atoms with E-state index in [1.807, 2.05) is 0 Å². The molecule has 1 saturated heterocycles. The molecule has 1 N–H and O–H groups in total. The van der Waals surface area contributed by atoms with E-state index in [9.17, 15) is 0 Å². The second kappa shape index (κ2) is 6.12. The van der Waals surface area contributed by atoms with Crippen molar-refractivity contribution in [2.45, 2.75) is 0 Å². The SMILES string of the molecule is COC1=CC(OC)=NN([N+]2(C)CCOCC2)N1.[Cl-]. The van der Waals surface area contributed by atoms with Crippen molar-refractivity contribution >= 4 is 5.90 Å². The van der Waals surface area contributed by atoms with Crippen LogP contribution in [-0.4, -0.2) is 63.3 Å². The van der Waals surface area contributed by atoms with Crippen molar-refractivity contribution in [2.75, 3.05) is 47.6 Å². The number of nitrogens with zero attached hydrogens (tertiary/aromatic N) is 3. The standard InChI is InChI=1S/C10H19N4O3.ClH/c1-14(4-6-17-7-5-14)13-11-9(15-2)8-10(12-13)16-3;/h8,11H,4-7H2,1-3H3;1H/q+1;/p-1. The fraction of sp³-hybridized carbons (Fsp3) is 0.700. The summed E-state index contributed by atoms with van der Waals surface area (Å²) in [7, 11) is 5.28. The first kappa shape index (κ1) is 14.9. The summed E-state index contributed by atoms with van der Waals surface area (Å²) in [5, 5.41) is 6.12. The molecule has 0 saturated carbocycles. The molecular formula is C10H19ClN4O3. The van der Waals surface area contributed by atoms with Crippen molar-refractivity contribution in [2.24, 2.45) is 5.10 Å². The summed E-state index contributed by atoms with van der Waals surface area (Å²) < 4.78 is 16.3. The van der Waals surface area contributed by atoms with Gasteiger partial charge in [0, 0.05) is 0 Å². The first-order valence-electron chi connectivity index (χ1n) is 5.56. The van der Waals surface area contributed by atoms with Crippen LogP contribution in [0.1, 0.15) is 0 Å². The number of hydrogen-bond acceptors (Lipinski definition) is 6. The summed E-state index contributed by atoms with van der Waals surface area (Å²) in [4.78, 5) is 0. The van der Waals surface area contributed by atoms with Crippen molar-refractivity contribution in [3.8, 4) is 0 Å². The summed E-state index contributed by atoms with van der Waals surface area (Å²) in [6, 6.07) is 0. The van der Waals surface area contributed by atoms with Crippen LogP contribution in [0.5, 0.6) is 0 Å². The Kier molecular flexibility index (Phi) is 5.06. The second-order valence-electron chi connectivity index (χ2n) is 4.15. The fourth-order valence-corrected chi connectivity index (χ4v) is 1.75. The zero-order chi connectivity index (χ0) is 12.3. The Balaban J connectivity index is 0.00000162. The quantitative estimate of drug-likeness (QED) is 0.535. The highest BCUT2D eigenvalue weighted by Crippen LogP contribution is 2.15. The third kappa shape index (κ3) is 2.98. The van der Waals surface area contributed by atoms with Gasteiger partial charge in [-0.1, -0.05) is 5.10 Å². The van der Waals surface area contributed by atoms with E-state index >= 15 is 0 Å². The first-order chi connectivity index (χ1) is 8.18. The molecule has 0 atom stereocenters. The minimum absolute atomic E-state index is 0. The van der Waals surface area contributed by atoms with E-state index in [1.165, 1.54) is 0 Å². The Bertz CT molecular complexity index is 342. The Morgan fingerprint density at radius 3 is 2.56 bits per heavy atom. The topological polar surface area (TPSA) is 55.3 Å². The minimum atomic E-state index is 0. The average molecular weight is 279 g/mol. The van der Waals surface area contributed by atoms with Crippen LogP contribution >= 0.6 is 0 Å². The molecule has 0 bridgehead atoms. The molecule has 2 heterocycles. The monoisotopic (exact) mass is 278 g/mol. The molecule has 2 aliphatic heterocycles. The summed E-state index contributed by atoms with van der Waals surface area (Å²) in [5.74, 6) is 1.13. The lowest BCUT2D eigenvalue weighted by atomic mass is 10.4. The highest BCUT2D eigenvalue weighted by atomic mass is 35.5. The van der Waals surface area contributed by atoms with Crippen molar-refractivity contribution in [3.63, 3.8) is 0 Å². The predicted molar refractivity (Wildman–Crippen MR) is 61.2 cm³/mol. The van der Waals surface area contributed by atoms with Crippen molar-refractivity contribution in [3.05, 3.63) is 12.0 Å². The summed E-state index contributed by atoms with van der Waals surface area (Å²) in [5.41, 5.74) is 3.10. The van der Waals surface area contributed by atoms with Crippen LogP contribution in [0.2, 0.25) is 0 Å². The van der Waals surface area contributed by atoms with Gasteiger partial charge in [-0.25, -0.2) is 5.43 Å². The van der Waals surface area contributed by atoms with Gasteiger partial charge in [0.05, 0.1) is 40.6 Å². The van der Waals surface area contributed by atoms with Crippen molar-refractivity contribution in [1.29, 1.82) is 0 Å². The molecule has 2 aliphatic rings. The number of rotatable bonds is 2. The van der Waals surface area contributed by atoms with Crippen LogP contribution < -0.4 is 17.8 Å². The fourth-order valence-electron chi connectivity index (χ4n) is 1.75. The maximum absolute atomic E-state index is 5.37. The first-order valence-corrected chi connectivity index (χ1v) is 5.56. The molecule has 0 spiro atoms. The summed E-state index contributed by atoms with van der Waals surface area (Å²) in [6.45, 7) is 3.14. The third-order valence-electron chi connectivity index (χ3n) is 2.98. The minimum Gasteiger partial charge on any atom is -1.00 e. The second-order valence-corrected chi connectivity index (χ2v) is 4.15. The lowest BCUT2D eigenvalue weighted by Gasteiger charge is -2.42. The zero-order valence-electron chi connectivity index (χ0n) is 10.9. The molecule has 0 aromatic carbocycles. The molecule has 0 radical (unpaired) electrons. The molecule has 0 amide bonds. The molecule has 1 fully saturated rings. The van der Waals surface area contributed by atoms with E-state index in [4.69, 9.17) is 14.2 Å². The maximum atomic E-state index is 5.37. The number of halogens is 1. The Morgan fingerprint density at radius 2 is 2.00 bits per heavy atom. The zero-order valence-corrected chi connectivity index (χ0v) is 11.6. The van der Waals surface area contributed by atoms with Crippen LogP contribution in [0, 0.1) is 0 Å². The molecule has 0 aromatic heterocycles. The third-order valence-corrected chi connectivity index (χ3v) is 2.98. The molecule has 8 heteroatoms. The normalized spacial score (nSPS) is 22.1. The molecule has 0 aromatic rings. The number of hydrazone groups is 1. The predicted octanol–water partition coefficient (Wildman–Crippen LogP) is -3.35. The van der Waals surface area contributed by atoms with Gasteiger partial charge in [0.2, 0.25) is 11.8 Å². The Morgan fingerprint density at radius 1 is 1.33 bits per heavy atom. The largest absolute Gasteiger partial charge is 1.00 e. The molecular weight excluding hydrogens is 260 g/mol. The van der Waals surface area contributed by atoms with Crippen LogP contribution in [-0.2, 0) is 14.2 Å². The van der Waals surface area contributed by atoms with Gasteiger partial charge < -0.3 is 26.6 Å². The average Bonchev–Trinajstić information content (AvgIpc) is 2.39. The van der Waals surface area contributed by atoms with Gasteiger partial charge >= 0.3 is 0 Å². The van der Waals surface area contributed by atoms with E-state index in [0.717, 1.165) is 26.3 Å². The van der Waals surface area contributed by atoms with Gasteiger partial charge in [-0.3, -0.25) is 0 Å². The van der Waals surface area contributed by atoms with Crippen molar-refractivity contribution < 1.29 is 31.2 Å². The van der Waals surface area contributed by atoms with Crippen LogP contribution in [0.15, 0.2) is 17.1 Å². The number of nitrogens with one attached hydrogen (secondary N) is 1. The van der Waals surface area contributed by atoms with Crippen LogP contribution in [0.3, 0.4) is 0 Å². The lowest BCUT2D eigenvalue weighted by Crippen LogP contribution is -3.00. The summed E-state index contributed by atoms with van der Waals surface area (Å²) in [6.07, 6.45) is 1.71. The lowest BCUT2D eigenvalue weighted by molar-refractivity contribution is -1.03. The number of hydrazine groups is 1. The molecule has 7 nitrogen and oxygen atoms in total. The van der Waals surface area contributed by atoms with Crippen LogP contribution in [0.25, 0.3) is 0 Å². The molecule has 104 valence electrons. The van der Waals surface area contributed by atoms with Gasteiger partial charge in [-0.15, -0.1) is 0 Å². The number of likely N-dealkylation sites (N-methyl/N-ethyl adjacent to an activating group) is 1. The van der Waals surface area contributed by atoms with E-state index < -0.39 is 0 Å². The van der Waals surface area contributed by atoms with Gasteiger partial charge in [-0.05, 0) is 5.23 Å². The van der Waals surface area contributed by atoms with E-state index in [1.54, 1.807) is 25.5 Å².